The van der Waals surface area contributed by atoms with Gasteiger partial charge in [-0.15, -0.1) is 0 Å². The second kappa shape index (κ2) is 7.43. The van der Waals surface area contributed by atoms with Crippen LogP contribution in [0, 0.1) is 5.92 Å². The lowest BCUT2D eigenvalue weighted by atomic mass is 9.79. The molecule has 7 heteroatoms. The highest BCUT2D eigenvalue weighted by Gasteiger charge is 2.52. The second-order valence-electron chi connectivity index (χ2n) is 8.51. The van der Waals surface area contributed by atoms with E-state index in [0.29, 0.717) is 18.0 Å². The Kier molecular flexibility index (Phi) is 5.27. The number of carbonyl (C=O) groups is 1. The van der Waals surface area contributed by atoms with Crippen LogP contribution in [0.1, 0.15) is 44.2 Å². The lowest BCUT2D eigenvalue weighted by molar-refractivity contribution is -0.181. The Morgan fingerprint density at radius 2 is 1.79 bits per heavy atom. The summed E-state index contributed by atoms with van der Waals surface area (Å²) in [7, 11) is -1.88. The number of methoxy groups -OCH3 is 1. The van der Waals surface area contributed by atoms with Gasteiger partial charge in [-0.05, 0) is 75.1 Å². The number of nitrogens with zero attached hydrogens (tertiary/aromatic N) is 2. The van der Waals surface area contributed by atoms with Crippen molar-refractivity contribution in [2.45, 2.75) is 69.0 Å². The summed E-state index contributed by atoms with van der Waals surface area (Å²) in [6.07, 6.45) is 4.26. The maximum Gasteiger partial charge on any atom is 0.254 e. The topological polar surface area (TPSA) is 66.9 Å². The zero-order valence-electron chi connectivity index (χ0n) is 16.9. The van der Waals surface area contributed by atoms with Crippen molar-refractivity contribution in [2.75, 3.05) is 20.2 Å². The van der Waals surface area contributed by atoms with Crippen LogP contribution in [-0.4, -0.2) is 61.9 Å². The number of amides is 1. The standard InChI is InChI=1S/C21H30N2O4S/c1-14(2)23-19(20(27-3)21(23)24)16-9-11-22(12-10-16)28(25,26)18-8-7-15-5-4-6-17(15)13-18/h7-8,13-14,16,19-20H,4-6,9-12H2,1-3H3. The predicted octanol–water partition coefficient (Wildman–Crippen LogP) is 2.21. The number of rotatable bonds is 5. The van der Waals surface area contributed by atoms with Gasteiger partial charge in [0, 0.05) is 26.2 Å². The molecule has 4 rings (SSSR count). The smallest absolute Gasteiger partial charge is 0.254 e. The van der Waals surface area contributed by atoms with E-state index in [-0.39, 0.29) is 30.0 Å². The number of benzene rings is 1. The molecular formula is C21H30N2O4S. The minimum absolute atomic E-state index is 0.0516. The molecule has 2 aliphatic heterocycles. The number of β-lactam (4-membered cyclic amide) rings is 1. The van der Waals surface area contributed by atoms with E-state index in [9.17, 15) is 13.2 Å². The molecule has 0 saturated carbocycles. The Balaban J connectivity index is 1.46. The fourth-order valence-corrected chi connectivity index (χ4v) is 6.65. The van der Waals surface area contributed by atoms with Crippen molar-refractivity contribution in [1.29, 1.82) is 0 Å². The van der Waals surface area contributed by atoms with Gasteiger partial charge in [-0.3, -0.25) is 4.79 Å². The lowest BCUT2D eigenvalue weighted by Gasteiger charge is -2.53. The average Bonchev–Trinajstić information content (AvgIpc) is 3.14. The quantitative estimate of drug-likeness (QED) is 0.703. The highest BCUT2D eigenvalue weighted by molar-refractivity contribution is 7.89. The van der Waals surface area contributed by atoms with Gasteiger partial charge < -0.3 is 9.64 Å². The Labute approximate surface area is 167 Å². The fourth-order valence-electron chi connectivity index (χ4n) is 5.13. The van der Waals surface area contributed by atoms with Crippen molar-refractivity contribution in [2.24, 2.45) is 5.92 Å². The first-order valence-corrected chi connectivity index (χ1v) is 11.8. The molecule has 1 aromatic carbocycles. The number of carbonyl (C=O) groups excluding carboxylic acids is 1. The monoisotopic (exact) mass is 406 g/mol. The van der Waals surface area contributed by atoms with Crippen LogP contribution in [0.25, 0.3) is 0 Å². The molecule has 0 radical (unpaired) electrons. The largest absolute Gasteiger partial charge is 0.369 e. The molecule has 28 heavy (non-hydrogen) atoms. The van der Waals surface area contributed by atoms with E-state index >= 15 is 0 Å². The Morgan fingerprint density at radius 3 is 2.43 bits per heavy atom. The van der Waals surface area contributed by atoms with E-state index in [0.717, 1.165) is 32.1 Å². The normalized spacial score (nSPS) is 26.6. The Hall–Kier alpha value is -1.44. The minimum Gasteiger partial charge on any atom is -0.369 e. The zero-order chi connectivity index (χ0) is 20.1. The van der Waals surface area contributed by atoms with Crippen molar-refractivity contribution >= 4 is 15.9 Å². The zero-order valence-corrected chi connectivity index (χ0v) is 17.7. The summed E-state index contributed by atoms with van der Waals surface area (Å²) in [4.78, 5) is 14.6. The van der Waals surface area contributed by atoms with E-state index in [2.05, 4.69) is 0 Å². The molecule has 154 valence electrons. The van der Waals surface area contributed by atoms with Crippen LogP contribution in [0.2, 0.25) is 0 Å². The van der Waals surface area contributed by atoms with Gasteiger partial charge in [0.1, 0.15) is 0 Å². The third-order valence-corrected chi connectivity index (χ3v) is 8.52. The first-order valence-electron chi connectivity index (χ1n) is 10.3. The molecule has 0 spiro atoms. The van der Waals surface area contributed by atoms with E-state index in [1.165, 1.54) is 11.1 Å². The minimum atomic E-state index is -3.46. The van der Waals surface area contributed by atoms with Gasteiger partial charge in [-0.1, -0.05) is 6.07 Å². The van der Waals surface area contributed by atoms with E-state index in [1.54, 1.807) is 17.5 Å². The molecule has 1 amide bonds. The summed E-state index contributed by atoms with van der Waals surface area (Å²) in [5, 5.41) is 0. The summed E-state index contributed by atoms with van der Waals surface area (Å²) in [6, 6.07) is 5.80. The first-order chi connectivity index (χ1) is 13.3. The number of piperidine rings is 1. The number of aryl methyl sites for hydroxylation is 2. The van der Waals surface area contributed by atoms with Gasteiger partial charge in [0.2, 0.25) is 10.0 Å². The molecule has 2 unspecified atom stereocenters. The third-order valence-electron chi connectivity index (χ3n) is 6.63. The lowest BCUT2D eigenvalue weighted by Crippen LogP contribution is -2.70. The highest BCUT2D eigenvalue weighted by Crippen LogP contribution is 2.37. The maximum atomic E-state index is 13.1. The van der Waals surface area contributed by atoms with Crippen molar-refractivity contribution in [3.8, 4) is 0 Å². The van der Waals surface area contributed by atoms with Gasteiger partial charge in [0.15, 0.2) is 6.10 Å². The number of ether oxygens (including phenoxy) is 1. The number of hydrogen-bond acceptors (Lipinski definition) is 4. The van der Waals surface area contributed by atoms with Crippen LogP contribution < -0.4 is 0 Å². The summed E-state index contributed by atoms with van der Waals surface area (Å²) in [5.74, 6) is 0.326. The number of likely N-dealkylation sites (tertiary alicyclic amines) is 1. The van der Waals surface area contributed by atoms with Crippen LogP contribution in [0.15, 0.2) is 23.1 Å². The summed E-state index contributed by atoms with van der Waals surface area (Å²) in [6.45, 7) is 5.03. The Bertz CT molecular complexity index is 859. The van der Waals surface area contributed by atoms with Gasteiger partial charge in [0.25, 0.3) is 5.91 Å². The average molecular weight is 407 g/mol. The van der Waals surface area contributed by atoms with Gasteiger partial charge in [0.05, 0.1) is 10.9 Å². The van der Waals surface area contributed by atoms with Crippen LogP contribution in [0.3, 0.4) is 0 Å². The maximum absolute atomic E-state index is 13.1. The molecule has 3 aliphatic rings. The molecule has 2 heterocycles. The number of hydrogen-bond donors (Lipinski definition) is 0. The summed E-state index contributed by atoms with van der Waals surface area (Å²) < 4.78 is 33.3. The van der Waals surface area contributed by atoms with Crippen molar-refractivity contribution in [1.82, 2.24) is 9.21 Å². The van der Waals surface area contributed by atoms with Crippen molar-refractivity contribution in [3.05, 3.63) is 29.3 Å². The van der Waals surface area contributed by atoms with E-state index < -0.39 is 10.0 Å². The second-order valence-corrected chi connectivity index (χ2v) is 10.4. The van der Waals surface area contributed by atoms with Crippen LogP contribution in [-0.2, 0) is 32.4 Å². The summed E-state index contributed by atoms with van der Waals surface area (Å²) >= 11 is 0. The molecule has 1 aromatic rings. The van der Waals surface area contributed by atoms with Crippen LogP contribution in [0.4, 0.5) is 0 Å². The predicted molar refractivity (Wildman–Crippen MR) is 107 cm³/mol. The molecular weight excluding hydrogens is 376 g/mol. The third kappa shape index (κ3) is 3.17. The van der Waals surface area contributed by atoms with Crippen molar-refractivity contribution in [3.63, 3.8) is 0 Å². The van der Waals surface area contributed by atoms with Gasteiger partial charge in [-0.2, -0.15) is 4.31 Å². The highest BCUT2D eigenvalue weighted by atomic mass is 32.2. The first kappa shape index (κ1) is 19.9. The van der Waals surface area contributed by atoms with E-state index in [4.69, 9.17) is 4.74 Å². The van der Waals surface area contributed by atoms with Crippen LogP contribution >= 0.6 is 0 Å². The molecule has 6 nitrogen and oxygen atoms in total. The van der Waals surface area contributed by atoms with Crippen molar-refractivity contribution < 1.29 is 17.9 Å². The Morgan fingerprint density at radius 1 is 1.11 bits per heavy atom. The fraction of sp³-hybridized carbons (Fsp3) is 0.667. The molecule has 0 bridgehead atoms. The van der Waals surface area contributed by atoms with E-state index in [1.807, 2.05) is 30.9 Å². The SMILES string of the molecule is COC1C(=O)N(C(C)C)C1C1CCN(S(=O)(=O)c2ccc3c(c2)CCC3)CC1. The number of sulfonamides is 1. The number of fused-ring (bicyclic) bond motifs is 1. The molecule has 0 aromatic heterocycles. The van der Waals surface area contributed by atoms with Gasteiger partial charge >= 0.3 is 0 Å². The molecule has 0 N–H and O–H groups in total. The summed E-state index contributed by atoms with van der Waals surface area (Å²) in [5.41, 5.74) is 2.46. The van der Waals surface area contributed by atoms with Gasteiger partial charge in [-0.25, -0.2) is 8.42 Å². The molecule has 1 aliphatic carbocycles. The molecule has 2 atom stereocenters. The van der Waals surface area contributed by atoms with Crippen LogP contribution in [0.5, 0.6) is 0 Å². The molecule has 2 saturated heterocycles. The molecule has 2 fully saturated rings.